The summed E-state index contributed by atoms with van der Waals surface area (Å²) in [6.07, 6.45) is 2.57. The molecule has 1 aromatic heterocycles. The minimum absolute atomic E-state index is 0.107. The van der Waals surface area contributed by atoms with Crippen molar-refractivity contribution in [3.05, 3.63) is 71.2 Å². The van der Waals surface area contributed by atoms with E-state index in [1.165, 1.54) is 18.2 Å². The fourth-order valence-electron chi connectivity index (χ4n) is 4.33. The number of benzene rings is 2. The van der Waals surface area contributed by atoms with Crippen LogP contribution in [-0.4, -0.2) is 23.5 Å². The van der Waals surface area contributed by atoms with Gasteiger partial charge in [-0.15, -0.1) is 0 Å². The Labute approximate surface area is 187 Å². The van der Waals surface area contributed by atoms with Crippen molar-refractivity contribution < 1.29 is 18.7 Å². The van der Waals surface area contributed by atoms with E-state index in [9.17, 15) is 14.0 Å². The summed E-state index contributed by atoms with van der Waals surface area (Å²) >= 11 is 0. The Kier molecular flexibility index (Phi) is 5.96. The Morgan fingerprint density at radius 1 is 1.16 bits per heavy atom. The lowest BCUT2D eigenvalue weighted by atomic mass is 9.70. The first kappa shape index (κ1) is 21.9. The summed E-state index contributed by atoms with van der Waals surface area (Å²) < 4.78 is 18.7. The molecular weight excluding hydrogens is 407 g/mol. The summed E-state index contributed by atoms with van der Waals surface area (Å²) in [5.74, 6) is -1.10. The molecule has 0 saturated heterocycles. The van der Waals surface area contributed by atoms with Crippen LogP contribution in [0.3, 0.4) is 0 Å². The number of carbonyl (C=O) groups excluding carboxylic acids is 2. The SMILES string of the molecule is CC(C)(C)C1CCc2nc3ccccc3c(C(=O)OCC(=O)Nc3cccc(F)c3)c2C1. The van der Waals surface area contributed by atoms with Crippen LogP contribution in [-0.2, 0) is 22.4 Å². The van der Waals surface area contributed by atoms with Gasteiger partial charge in [-0.05, 0) is 60.4 Å². The van der Waals surface area contributed by atoms with E-state index in [2.05, 4.69) is 26.1 Å². The number of aromatic nitrogens is 1. The largest absolute Gasteiger partial charge is 0.452 e. The molecule has 0 fully saturated rings. The smallest absolute Gasteiger partial charge is 0.339 e. The van der Waals surface area contributed by atoms with Crippen molar-refractivity contribution in [1.29, 1.82) is 0 Å². The maximum Gasteiger partial charge on any atom is 0.339 e. The standard InChI is InChI=1S/C26H27FN2O3/c1-26(2,3)16-11-12-22-20(13-16)24(19-9-4-5-10-21(19)29-22)25(31)32-15-23(30)28-18-8-6-7-17(27)14-18/h4-10,14,16H,11-13,15H2,1-3H3,(H,28,30). The van der Waals surface area contributed by atoms with Gasteiger partial charge in [0.1, 0.15) is 5.82 Å². The minimum atomic E-state index is -0.538. The van der Waals surface area contributed by atoms with Crippen molar-refractivity contribution in [3.8, 4) is 0 Å². The van der Waals surface area contributed by atoms with Crippen LogP contribution >= 0.6 is 0 Å². The van der Waals surface area contributed by atoms with E-state index in [-0.39, 0.29) is 5.41 Å². The molecule has 1 aliphatic carbocycles. The predicted molar refractivity (Wildman–Crippen MR) is 122 cm³/mol. The van der Waals surface area contributed by atoms with Crippen molar-refractivity contribution in [2.24, 2.45) is 11.3 Å². The summed E-state index contributed by atoms with van der Waals surface area (Å²) in [6, 6.07) is 13.1. The highest BCUT2D eigenvalue weighted by molar-refractivity contribution is 6.06. The van der Waals surface area contributed by atoms with Crippen LogP contribution in [0.25, 0.3) is 10.9 Å². The third kappa shape index (κ3) is 4.64. The van der Waals surface area contributed by atoms with Crippen molar-refractivity contribution in [2.45, 2.75) is 40.0 Å². The number of fused-ring (bicyclic) bond motifs is 2. The van der Waals surface area contributed by atoms with Crippen molar-refractivity contribution in [1.82, 2.24) is 4.98 Å². The number of carbonyl (C=O) groups is 2. The molecular formula is C26H27FN2O3. The van der Waals surface area contributed by atoms with Crippen molar-refractivity contribution >= 4 is 28.5 Å². The molecule has 0 radical (unpaired) electrons. The zero-order chi connectivity index (χ0) is 22.9. The Morgan fingerprint density at radius 2 is 1.94 bits per heavy atom. The van der Waals surface area contributed by atoms with Crippen LogP contribution in [0.15, 0.2) is 48.5 Å². The van der Waals surface area contributed by atoms with Gasteiger partial charge in [-0.3, -0.25) is 9.78 Å². The summed E-state index contributed by atoms with van der Waals surface area (Å²) in [6.45, 7) is 6.19. The van der Waals surface area contributed by atoms with Crippen molar-refractivity contribution in [2.75, 3.05) is 11.9 Å². The second-order valence-electron chi connectivity index (χ2n) is 9.37. The second-order valence-corrected chi connectivity index (χ2v) is 9.37. The lowest BCUT2D eigenvalue weighted by molar-refractivity contribution is -0.119. The van der Waals surface area contributed by atoms with Crippen LogP contribution in [0.2, 0.25) is 0 Å². The monoisotopic (exact) mass is 434 g/mol. The second kappa shape index (κ2) is 8.69. The molecule has 4 rings (SSSR count). The lowest BCUT2D eigenvalue weighted by Gasteiger charge is -2.35. The Bertz CT molecular complexity index is 1180. The normalized spacial score (nSPS) is 15.8. The van der Waals surface area contributed by atoms with Gasteiger partial charge in [-0.2, -0.15) is 0 Å². The summed E-state index contributed by atoms with van der Waals surface area (Å²) in [5, 5.41) is 3.28. The van der Waals surface area contributed by atoms with Gasteiger partial charge in [0, 0.05) is 16.8 Å². The van der Waals surface area contributed by atoms with E-state index >= 15 is 0 Å². The van der Waals surface area contributed by atoms with E-state index in [1.807, 2.05) is 24.3 Å². The van der Waals surface area contributed by atoms with Gasteiger partial charge in [0.15, 0.2) is 6.61 Å². The first-order valence-corrected chi connectivity index (χ1v) is 10.9. The number of halogens is 1. The molecule has 1 unspecified atom stereocenters. The number of esters is 1. The van der Waals surface area contributed by atoms with Crippen LogP contribution in [0.1, 0.15) is 48.8 Å². The highest BCUT2D eigenvalue weighted by Gasteiger charge is 2.33. The van der Waals surface area contributed by atoms with Crippen LogP contribution in [0.4, 0.5) is 10.1 Å². The third-order valence-corrected chi connectivity index (χ3v) is 6.13. The van der Waals surface area contributed by atoms with E-state index in [0.29, 0.717) is 17.2 Å². The molecule has 0 aliphatic heterocycles. The quantitative estimate of drug-likeness (QED) is 0.564. The molecule has 1 heterocycles. The molecule has 32 heavy (non-hydrogen) atoms. The maximum atomic E-state index is 13.3. The van der Waals surface area contributed by atoms with E-state index < -0.39 is 24.3 Å². The zero-order valence-corrected chi connectivity index (χ0v) is 18.6. The Hall–Kier alpha value is -3.28. The summed E-state index contributed by atoms with van der Waals surface area (Å²) in [7, 11) is 0. The van der Waals surface area contributed by atoms with E-state index in [1.54, 1.807) is 6.07 Å². The maximum absolute atomic E-state index is 13.3. The van der Waals surface area contributed by atoms with Crippen LogP contribution < -0.4 is 5.32 Å². The summed E-state index contributed by atoms with van der Waals surface area (Å²) in [5.41, 5.74) is 3.52. The number of hydrogen-bond donors (Lipinski definition) is 1. The molecule has 0 spiro atoms. The molecule has 1 aliphatic rings. The third-order valence-electron chi connectivity index (χ3n) is 6.13. The highest BCUT2D eigenvalue weighted by atomic mass is 19.1. The predicted octanol–water partition coefficient (Wildman–Crippen LogP) is 5.32. The fourth-order valence-corrected chi connectivity index (χ4v) is 4.33. The molecule has 6 heteroatoms. The molecule has 166 valence electrons. The first-order valence-electron chi connectivity index (χ1n) is 10.9. The fraction of sp³-hybridized carbons (Fsp3) is 0.346. The number of aryl methyl sites for hydroxylation is 1. The van der Waals surface area contributed by atoms with Gasteiger partial charge < -0.3 is 10.1 Å². The summed E-state index contributed by atoms with van der Waals surface area (Å²) in [4.78, 5) is 30.3. The molecule has 2 aromatic carbocycles. The molecule has 1 atom stereocenters. The van der Waals surface area contributed by atoms with Gasteiger partial charge in [0.05, 0.1) is 11.1 Å². The minimum Gasteiger partial charge on any atom is -0.452 e. The Balaban J connectivity index is 1.60. The van der Waals surface area contributed by atoms with E-state index in [4.69, 9.17) is 9.72 Å². The number of pyridine rings is 1. The van der Waals surface area contributed by atoms with E-state index in [0.717, 1.165) is 41.4 Å². The molecule has 1 N–H and O–H groups in total. The van der Waals surface area contributed by atoms with Gasteiger partial charge >= 0.3 is 5.97 Å². The molecule has 0 bridgehead atoms. The average molecular weight is 435 g/mol. The van der Waals surface area contributed by atoms with Crippen molar-refractivity contribution in [3.63, 3.8) is 0 Å². The number of ether oxygens (including phenoxy) is 1. The van der Waals surface area contributed by atoms with Crippen LogP contribution in [0.5, 0.6) is 0 Å². The zero-order valence-electron chi connectivity index (χ0n) is 18.6. The average Bonchev–Trinajstić information content (AvgIpc) is 2.74. The number of nitrogens with zero attached hydrogens (tertiary/aromatic N) is 1. The number of anilines is 1. The molecule has 3 aromatic rings. The molecule has 5 nitrogen and oxygen atoms in total. The highest BCUT2D eigenvalue weighted by Crippen LogP contribution is 2.39. The lowest BCUT2D eigenvalue weighted by Crippen LogP contribution is -2.29. The molecule has 0 saturated carbocycles. The number of para-hydroxylation sites is 1. The van der Waals surface area contributed by atoms with Crippen LogP contribution in [0, 0.1) is 17.2 Å². The topological polar surface area (TPSA) is 68.3 Å². The number of nitrogens with one attached hydrogen (secondary N) is 1. The molecule has 1 amide bonds. The number of hydrogen-bond acceptors (Lipinski definition) is 4. The number of rotatable bonds is 4. The van der Waals surface area contributed by atoms with Gasteiger partial charge in [0.25, 0.3) is 5.91 Å². The van der Waals surface area contributed by atoms with Gasteiger partial charge in [-0.1, -0.05) is 45.0 Å². The van der Waals surface area contributed by atoms with Gasteiger partial charge in [0.2, 0.25) is 0 Å². The Morgan fingerprint density at radius 3 is 2.69 bits per heavy atom. The first-order chi connectivity index (χ1) is 15.2. The number of amides is 1. The van der Waals surface area contributed by atoms with Gasteiger partial charge in [-0.25, -0.2) is 9.18 Å².